The summed E-state index contributed by atoms with van der Waals surface area (Å²) in [6.07, 6.45) is 3.94. The van der Waals surface area contributed by atoms with Crippen LogP contribution in [0.5, 0.6) is 0 Å². The summed E-state index contributed by atoms with van der Waals surface area (Å²) in [4.78, 5) is 14.6. The number of carbonyl (C=O) groups excluding carboxylic acids is 1. The van der Waals surface area contributed by atoms with E-state index < -0.39 is 5.60 Å². The van der Waals surface area contributed by atoms with Gasteiger partial charge in [-0.25, -0.2) is 0 Å². The second-order valence-electron chi connectivity index (χ2n) is 6.69. The highest BCUT2D eigenvalue weighted by Crippen LogP contribution is 2.37. The summed E-state index contributed by atoms with van der Waals surface area (Å²) >= 11 is 6.24. The van der Waals surface area contributed by atoms with Gasteiger partial charge in [0.05, 0.1) is 5.60 Å². The maximum atomic E-state index is 12.8. The van der Waals surface area contributed by atoms with Gasteiger partial charge in [0.1, 0.15) is 0 Å². The summed E-state index contributed by atoms with van der Waals surface area (Å²) in [6, 6.07) is 7.38. The Morgan fingerprint density at radius 2 is 2.00 bits per heavy atom. The van der Waals surface area contributed by atoms with Crippen molar-refractivity contribution < 1.29 is 9.90 Å². The monoisotopic (exact) mass is 345 g/mol. The molecule has 0 spiro atoms. The van der Waals surface area contributed by atoms with Crippen molar-refractivity contribution in [3.8, 4) is 0 Å². The molecule has 2 aliphatic rings. The normalized spacial score (nSPS) is 19.3. The number of nitrogens with one attached hydrogen (secondary N) is 1. The molecule has 4 rings (SSSR count). The predicted octanol–water partition coefficient (Wildman–Crippen LogP) is 2.68. The number of amides is 1. The van der Waals surface area contributed by atoms with Gasteiger partial charge in [0, 0.05) is 34.9 Å². The molecule has 1 fully saturated rings. The minimum Gasteiger partial charge on any atom is -0.385 e. The fraction of sp³-hybridized carbons (Fsp3) is 0.444. The lowest BCUT2D eigenvalue weighted by Gasteiger charge is -2.38. The Bertz CT molecular complexity index is 778. The number of hydrogen-bond acceptors (Lipinski definition) is 3. The first-order valence-corrected chi connectivity index (χ1v) is 8.79. The van der Waals surface area contributed by atoms with Gasteiger partial charge in [-0.15, -0.1) is 0 Å². The van der Waals surface area contributed by atoms with Crippen molar-refractivity contribution in [2.75, 3.05) is 13.1 Å². The van der Waals surface area contributed by atoms with Crippen molar-refractivity contribution >= 4 is 17.5 Å². The van der Waals surface area contributed by atoms with E-state index in [4.69, 9.17) is 11.6 Å². The number of carbonyl (C=O) groups is 1. The number of aryl methyl sites for hydroxylation is 1. The summed E-state index contributed by atoms with van der Waals surface area (Å²) in [7, 11) is 0. The minimum atomic E-state index is -0.970. The molecule has 1 saturated heterocycles. The number of benzene rings is 1. The molecule has 126 valence electrons. The lowest BCUT2D eigenvalue weighted by atomic mass is 9.84. The van der Waals surface area contributed by atoms with Crippen molar-refractivity contribution in [3.63, 3.8) is 0 Å². The Balaban J connectivity index is 1.50. The smallest absolute Gasteiger partial charge is 0.274 e. The lowest BCUT2D eigenvalue weighted by molar-refractivity contribution is -0.0212. The van der Waals surface area contributed by atoms with Crippen LogP contribution in [0.4, 0.5) is 0 Å². The van der Waals surface area contributed by atoms with Gasteiger partial charge in [0.15, 0.2) is 5.69 Å². The number of aromatic nitrogens is 2. The molecule has 1 aliphatic carbocycles. The summed E-state index contributed by atoms with van der Waals surface area (Å²) < 4.78 is 0. The first kappa shape index (κ1) is 15.7. The molecular weight excluding hydrogens is 326 g/mol. The molecule has 6 heteroatoms. The molecule has 1 aromatic heterocycles. The first-order chi connectivity index (χ1) is 11.6. The van der Waals surface area contributed by atoms with E-state index in [0.29, 0.717) is 36.6 Å². The zero-order valence-corrected chi connectivity index (χ0v) is 14.1. The van der Waals surface area contributed by atoms with E-state index in [1.165, 1.54) is 0 Å². The van der Waals surface area contributed by atoms with E-state index >= 15 is 0 Å². The molecule has 5 nitrogen and oxygen atoms in total. The van der Waals surface area contributed by atoms with E-state index in [0.717, 1.165) is 36.1 Å². The van der Waals surface area contributed by atoms with E-state index in [1.807, 2.05) is 18.2 Å². The van der Waals surface area contributed by atoms with Crippen LogP contribution in [0, 0.1) is 0 Å². The zero-order valence-electron chi connectivity index (χ0n) is 13.4. The molecular formula is C18H20ClN3O2. The van der Waals surface area contributed by atoms with Crippen molar-refractivity contribution in [1.82, 2.24) is 15.1 Å². The topological polar surface area (TPSA) is 69.2 Å². The molecule has 0 radical (unpaired) electrons. The zero-order chi connectivity index (χ0) is 16.7. The number of rotatable bonds is 2. The highest BCUT2D eigenvalue weighted by atomic mass is 35.5. The van der Waals surface area contributed by atoms with Gasteiger partial charge in [-0.05, 0) is 38.2 Å². The summed E-state index contributed by atoms with van der Waals surface area (Å²) in [6.45, 7) is 1.00. The van der Waals surface area contributed by atoms with Crippen LogP contribution in [0.15, 0.2) is 24.3 Å². The third-order valence-electron chi connectivity index (χ3n) is 5.26. The third-order valence-corrected chi connectivity index (χ3v) is 5.59. The second-order valence-corrected chi connectivity index (χ2v) is 7.09. The van der Waals surface area contributed by atoms with Crippen molar-refractivity contribution in [2.45, 2.75) is 37.7 Å². The van der Waals surface area contributed by atoms with E-state index in [2.05, 4.69) is 10.2 Å². The van der Waals surface area contributed by atoms with Crippen LogP contribution in [0.25, 0.3) is 0 Å². The fourth-order valence-electron chi connectivity index (χ4n) is 3.83. The Labute approximate surface area is 145 Å². The van der Waals surface area contributed by atoms with E-state index in [9.17, 15) is 9.90 Å². The van der Waals surface area contributed by atoms with Gasteiger partial charge in [0.2, 0.25) is 0 Å². The third kappa shape index (κ3) is 2.52. The second kappa shape index (κ2) is 5.90. The number of piperidine rings is 1. The van der Waals surface area contributed by atoms with Crippen molar-refractivity contribution in [3.05, 3.63) is 51.8 Å². The standard InChI is InChI=1S/C18H20ClN3O2/c19-14-6-2-1-5-13(14)18(24)8-10-22(11-9-18)17(23)16-12-4-3-7-15(12)20-21-16/h1-2,5-6,24H,3-4,7-11H2,(H,20,21). The average Bonchev–Trinajstić information content (AvgIpc) is 3.18. The molecule has 1 aromatic carbocycles. The van der Waals surface area contributed by atoms with Gasteiger partial charge < -0.3 is 10.0 Å². The summed E-state index contributed by atoms with van der Waals surface area (Å²) in [5.74, 6) is -0.0318. The van der Waals surface area contributed by atoms with E-state index in [-0.39, 0.29) is 5.91 Å². The van der Waals surface area contributed by atoms with Crippen molar-refractivity contribution in [2.24, 2.45) is 0 Å². The molecule has 0 unspecified atom stereocenters. The molecule has 24 heavy (non-hydrogen) atoms. The molecule has 0 saturated carbocycles. The number of nitrogens with zero attached hydrogens (tertiary/aromatic N) is 2. The van der Waals surface area contributed by atoms with Crippen LogP contribution >= 0.6 is 11.6 Å². The van der Waals surface area contributed by atoms with Crippen LogP contribution in [0.1, 0.15) is 46.6 Å². The Hall–Kier alpha value is -1.85. The molecule has 2 N–H and O–H groups in total. The number of H-pyrrole nitrogens is 1. The van der Waals surface area contributed by atoms with Crippen LogP contribution < -0.4 is 0 Å². The van der Waals surface area contributed by atoms with Crippen molar-refractivity contribution in [1.29, 1.82) is 0 Å². The first-order valence-electron chi connectivity index (χ1n) is 8.41. The molecule has 2 aromatic rings. The summed E-state index contributed by atoms with van der Waals surface area (Å²) in [5.41, 5.74) is 2.52. The van der Waals surface area contributed by atoms with Gasteiger partial charge in [-0.3, -0.25) is 9.89 Å². The number of hydrogen-bond donors (Lipinski definition) is 2. The minimum absolute atomic E-state index is 0.0318. The number of aliphatic hydroxyl groups is 1. The summed E-state index contributed by atoms with van der Waals surface area (Å²) in [5, 5.41) is 18.8. The number of aromatic amines is 1. The molecule has 1 amide bonds. The highest BCUT2D eigenvalue weighted by molar-refractivity contribution is 6.31. The number of fused-ring (bicyclic) bond motifs is 1. The fourth-order valence-corrected chi connectivity index (χ4v) is 4.15. The maximum Gasteiger partial charge on any atom is 0.274 e. The largest absolute Gasteiger partial charge is 0.385 e. The maximum absolute atomic E-state index is 12.8. The van der Waals surface area contributed by atoms with Crippen LogP contribution in [-0.4, -0.2) is 39.2 Å². The molecule has 2 heterocycles. The SMILES string of the molecule is O=C(c1n[nH]c2c1CCC2)N1CCC(O)(c2ccccc2Cl)CC1. The highest BCUT2D eigenvalue weighted by Gasteiger charge is 2.38. The molecule has 0 bridgehead atoms. The Kier molecular flexibility index (Phi) is 3.85. The molecule has 0 atom stereocenters. The van der Waals surface area contributed by atoms with Gasteiger partial charge >= 0.3 is 0 Å². The number of halogens is 1. The quantitative estimate of drug-likeness (QED) is 0.879. The van der Waals surface area contributed by atoms with Crippen LogP contribution in [-0.2, 0) is 18.4 Å². The van der Waals surface area contributed by atoms with Crippen LogP contribution in [0.3, 0.4) is 0 Å². The van der Waals surface area contributed by atoms with Gasteiger partial charge in [-0.2, -0.15) is 5.10 Å². The van der Waals surface area contributed by atoms with Crippen LogP contribution in [0.2, 0.25) is 5.02 Å². The van der Waals surface area contributed by atoms with E-state index in [1.54, 1.807) is 11.0 Å². The lowest BCUT2D eigenvalue weighted by Crippen LogP contribution is -2.45. The average molecular weight is 346 g/mol. The van der Waals surface area contributed by atoms with Gasteiger partial charge in [0.25, 0.3) is 5.91 Å². The number of likely N-dealkylation sites (tertiary alicyclic amines) is 1. The van der Waals surface area contributed by atoms with Gasteiger partial charge in [-0.1, -0.05) is 29.8 Å². The predicted molar refractivity (Wildman–Crippen MR) is 91.1 cm³/mol. The Morgan fingerprint density at radius 3 is 2.75 bits per heavy atom. The Morgan fingerprint density at radius 1 is 1.25 bits per heavy atom. The molecule has 1 aliphatic heterocycles.